The van der Waals surface area contributed by atoms with Gasteiger partial charge in [0, 0.05) is 12.2 Å². The highest BCUT2D eigenvalue weighted by molar-refractivity contribution is 5.92. The zero-order valence-corrected chi connectivity index (χ0v) is 8.82. The molecule has 1 aromatic carbocycles. The standard InChI is InChI=1S/C12H17N3/c13-12(14-9-10-5-4-6-10)15-11-7-2-1-3-8-11/h1-3,7-8,10H,4-6,9H2,(H3,13,14,15). The number of benzene rings is 1. The molecule has 0 atom stereocenters. The quantitative estimate of drug-likeness (QED) is 0.584. The molecule has 1 aromatic rings. The summed E-state index contributed by atoms with van der Waals surface area (Å²) in [5.74, 6) is 1.29. The minimum Gasteiger partial charge on any atom is -0.370 e. The summed E-state index contributed by atoms with van der Waals surface area (Å²) in [6, 6.07) is 9.88. The molecule has 0 saturated heterocycles. The summed E-state index contributed by atoms with van der Waals surface area (Å²) < 4.78 is 0. The number of hydrogen-bond donors (Lipinski definition) is 2. The number of anilines is 1. The third-order valence-corrected chi connectivity index (χ3v) is 2.79. The van der Waals surface area contributed by atoms with E-state index in [1.54, 1.807) is 0 Å². The number of hydrogen-bond acceptors (Lipinski definition) is 1. The molecule has 2 rings (SSSR count). The number of nitrogens with two attached hydrogens (primary N) is 1. The monoisotopic (exact) mass is 203 g/mol. The first kappa shape index (κ1) is 10.0. The molecule has 0 unspecified atom stereocenters. The van der Waals surface area contributed by atoms with Gasteiger partial charge in [-0.25, -0.2) is 0 Å². The molecule has 1 aliphatic rings. The lowest BCUT2D eigenvalue weighted by Gasteiger charge is -2.23. The van der Waals surface area contributed by atoms with Crippen molar-refractivity contribution in [3.8, 4) is 0 Å². The molecular formula is C12H17N3. The van der Waals surface area contributed by atoms with Crippen LogP contribution >= 0.6 is 0 Å². The molecule has 0 spiro atoms. The summed E-state index contributed by atoms with van der Waals surface area (Å²) in [5, 5.41) is 3.07. The molecule has 0 aromatic heterocycles. The summed E-state index contributed by atoms with van der Waals surface area (Å²) in [4.78, 5) is 4.32. The third kappa shape index (κ3) is 2.98. The van der Waals surface area contributed by atoms with Crippen LogP contribution in [-0.2, 0) is 0 Å². The molecule has 80 valence electrons. The van der Waals surface area contributed by atoms with E-state index in [1.165, 1.54) is 19.3 Å². The van der Waals surface area contributed by atoms with E-state index < -0.39 is 0 Å². The van der Waals surface area contributed by atoms with E-state index in [-0.39, 0.29) is 0 Å². The van der Waals surface area contributed by atoms with Crippen LogP contribution in [0.5, 0.6) is 0 Å². The van der Waals surface area contributed by atoms with Crippen LogP contribution in [0.15, 0.2) is 35.3 Å². The molecule has 3 nitrogen and oxygen atoms in total. The lowest BCUT2D eigenvalue weighted by molar-refractivity contribution is 0.326. The van der Waals surface area contributed by atoms with Crippen LogP contribution in [0, 0.1) is 5.92 Å². The van der Waals surface area contributed by atoms with Gasteiger partial charge in [0.15, 0.2) is 5.96 Å². The molecular weight excluding hydrogens is 186 g/mol. The van der Waals surface area contributed by atoms with Gasteiger partial charge in [0.25, 0.3) is 0 Å². The largest absolute Gasteiger partial charge is 0.370 e. The predicted octanol–water partition coefficient (Wildman–Crippen LogP) is 2.21. The lowest BCUT2D eigenvalue weighted by Crippen LogP contribution is -2.25. The Morgan fingerprint density at radius 2 is 2.07 bits per heavy atom. The minimum atomic E-state index is 0.521. The van der Waals surface area contributed by atoms with Gasteiger partial charge in [-0.1, -0.05) is 24.6 Å². The van der Waals surface area contributed by atoms with Crippen molar-refractivity contribution in [1.29, 1.82) is 0 Å². The average Bonchev–Trinajstić information content (AvgIpc) is 2.17. The molecule has 1 aliphatic carbocycles. The van der Waals surface area contributed by atoms with E-state index >= 15 is 0 Å². The van der Waals surface area contributed by atoms with Crippen LogP contribution in [0.4, 0.5) is 5.69 Å². The van der Waals surface area contributed by atoms with Crippen molar-refractivity contribution >= 4 is 11.6 Å². The van der Waals surface area contributed by atoms with Crippen LogP contribution in [0.25, 0.3) is 0 Å². The van der Waals surface area contributed by atoms with Crippen LogP contribution in [-0.4, -0.2) is 12.5 Å². The smallest absolute Gasteiger partial charge is 0.193 e. The Hall–Kier alpha value is -1.51. The van der Waals surface area contributed by atoms with E-state index in [9.17, 15) is 0 Å². The normalized spacial score (nSPS) is 17.2. The van der Waals surface area contributed by atoms with E-state index in [2.05, 4.69) is 10.3 Å². The van der Waals surface area contributed by atoms with E-state index in [1.807, 2.05) is 30.3 Å². The zero-order chi connectivity index (χ0) is 10.5. The topological polar surface area (TPSA) is 50.4 Å². The maximum absolute atomic E-state index is 5.77. The Morgan fingerprint density at radius 1 is 1.33 bits per heavy atom. The van der Waals surface area contributed by atoms with Gasteiger partial charge in [-0.2, -0.15) is 0 Å². The number of guanidine groups is 1. The van der Waals surface area contributed by atoms with Gasteiger partial charge in [-0.3, -0.25) is 4.99 Å². The van der Waals surface area contributed by atoms with Crippen molar-refractivity contribution in [2.45, 2.75) is 19.3 Å². The number of nitrogens with one attached hydrogen (secondary N) is 1. The Morgan fingerprint density at radius 3 is 2.67 bits per heavy atom. The van der Waals surface area contributed by atoms with Crippen LogP contribution < -0.4 is 11.1 Å². The van der Waals surface area contributed by atoms with Crippen LogP contribution in [0.1, 0.15) is 19.3 Å². The summed E-state index contributed by atoms with van der Waals surface area (Å²) in [5.41, 5.74) is 6.76. The minimum absolute atomic E-state index is 0.521. The van der Waals surface area contributed by atoms with Crippen LogP contribution in [0.2, 0.25) is 0 Å². The highest BCUT2D eigenvalue weighted by Gasteiger charge is 2.16. The summed E-state index contributed by atoms with van der Waals surface area (Å²) in [6.07, 6.45) is 3.97. The van der Waals surface area contributed by atoms with Crippen molar-refractivity contribution in [2.24, 2.45) is 16.6 Å². The number of nitrogens with zero attached hydrogens (tertiary/aromatic N) is 1. The summed E-state index contributed by atoms with van der Waals surface area (Å²) >= 11 is 0. The van der Waals surface area contributed by atoms with Gasteiger partial charge in [-0.15, -0.1) is 0 Å². The van der Waals surface area contributed by atoms with Crippen molar-refractivity contribution in [3.63, 3.8) is 0 Å². The number of para-hydroxylation sites is 1. The molecule has 0 aliphatic heterocycles. The summed E-state index contributed by atoms with van der Waals surface area (Å²) in [6.45, 7) is 0.867. The lowest BCUT2D eigenvalue weighted by atomic mass is 9.86. The predicted molar refractivity (Wildman–Crippen MR) is 63.9 cm³/mol. The molecule has 0 bridgehead atoms. The molecule has 0 amide bonds. The fourth-order valence-electron chi connectivity index (χ4n) is 1.61. The average molecular weight is 203 g/mol. The maximum Gasteiger partial charge on any atom is 0.193 e. The molecule has 1 saturated carbocycles. The summed E-state index contributed by atoms with van der Waals surface area (Å²) in [7, 11) is 0. The van der Waals surface area contributed by atoms with Gasteiger partial charge in [0.05, 0.1) is 0 Å². The van der Waals surface area contributed by atoms with Gasteiger partial charge in [-0.05, 0) is 30.9 Å². The fourth-order valence-corrected chi connectivity index (χ4v) is 1.61. The first-order chi connectivity index (χ1) is 7.34. The molecule has 1 fully saturated rings. The third-order valence-electron chi connectivity index (χ3n) is 2.79. The van der Waals surface area contributed by atoms with Gasteiger partial charge >= 0.3 is 0 Å². The zero-order valence-electron chi connectivity index (χ0n) is 8.82. The highest BCUT2D eigenvalue weighted by atomic mass is 15.1. The van der Waals surface area contributed by atoms with Crippen LogP contribution in [0.3, 0.4) is 0 Å². The van der Waals surface area contributed by atoms with Crippen molar-refractivity contribution in [2.75, 3.05) is 11.9 Å². The van der Waals surface area contributed by atoms with Crippen molar-refractivity contribution in [1.82, 2.24) is 0 Å². The second-order valence-electron chi connectivity index (χ2n) is 4.01. The fraction of sp³-hybridized carbons (Fsp3) is 0.417. The Balaban J connectivity index is 1.82. The molecule has 3 N–H and O–H groups in total. The van der Waals surface area contributed by atoms with Crippen molar-refractivity contribution < 1.29 is 0 Å². The number of aliphatic imine (C=N–C) groups is 1. The second kappa shape index (κ2) is 4.82. The molecule has 3 heteroatoms. The number of rotatable bonds is 3. The molecule has 0 radical (unpaired) electrons. The Kier molecular flexibility index (Phi) is 3.22. The van der Waals surface area contributed by atoms with Gasteiger partial charge in [0.1, 0.15) is 0 Å². The Labute approximate surface area is 90.4 Å². The van der Waals surface area contributed by atoms with Gasteiger partial charge in [0.2, 0.25) is 0 Å². The van der Waals surface area contributed by atoms with E-state index in [0.29, 0.717) is 5.96 Å². The SMILES string of the molecule is NC(=NCC1CCC1)Nc1ccccc1. The maximum atomic E-state index is 5.77. The first-order valence-corrected chi connectivity index (χ1v) is 5.46. The van der Waals surface area contributed by atoms with E-state index in [0.717, 1.165) is 18.2 Å². The molecule has 0 heterocycles. The molecule has 15 heavy (non-hydrogen) atoms. The van der Waals surface area contributed by atoms with Gasteiger partial charge < -0.3 is 11.1 Å². The van der Waals surface area contributed by atoms with E-state index in [4.69, 9.17) is 5.73 Å². The highest BCUT2D eigenvalue weighted by Crippen LogP contribution is 2.26. The first-order valence-electron chi connectivity index (χ1n) is 5.46. The van der Waals surface area contributed by atoms with Crippen molar-refractivity contribution in [3.05, 3.63) is 30.3 Å². The Bertz CT molecular complexity index is 328. The second-order valence-corrected chi connectivity index (χ2v) is 4.01.